The van der Waals surface area contributed by atoms with Crippen molar-refractivity contribution in [1.29, 1.82) is 0 Å². The van der Waals surface area contributed by atoms with E-state index >= 15 is 0 Å². The predicted octanol–water partition coefficient (Wildman–Crippen LogP) is 1.96. The number of halogens is 3. The maximum atomic E-state index is 12.5. The van der Waals surface area contributed by atoms with Crippen LogP contribution >= 0.6 is 11.5 Å². The summed E-state index contributed by atoms with van der Waals surface area (Å²) in [4.78, 5) is 1.11. The Hall–Kier alpha value is -1.02. The van der Waals surface area contributed by atoms with E-state index in [0.29, 0.717) is 10.8 Å². The summed E-state index contributed by atoms with van der Waals surface area (Å²) >= 11 is 0.973. The lowest BCUT2D eigenvalue weighted by Gasteiger charge is -2.24. The summed E-state index contributed by atoms with van der Waals surface area (Å²) in [6.45, 7) is -1.49. The van der Waals surface area contributed by atoms with E-state index in [-0.39, 0.29) is 19.1 Å². The lowest BCUT2D eigenvalue weighted by Crippen LogP contribution is -2.36. The highest BCUT2D eigenvalue weighted by Gasteiger charge is 2.36. The lowest BCUT2D eigenvalue weighted by atomic mass is 10.2. The molecule has 102 valence electrons. The molecule has 3 N–H and O–H groups in total. The molecule has 1 fully saturated rings. The number of nitrogens with zero attached hydrogens (tertiary/aromatic N) is 2. The van der Waals surface area contributed by atoms with Gasteiger partial charge in [0, 0.05) is 12.1 Å². The number of rotatable bonds is 5. The fraction of sp³-hybridized carbons (Fsp3) is 0.700. The first-order chi connectivity index (χ1) is 8.42. The van der Waals surface area contributed by atoms with E-state index in [4.69, 9.17) is 10.8 Å². The number of aliphatic hydroxyl groups is 1. The minimum atomic E-state index is -4.31. The Morgan fingerprint density at radius 1 is 1.44 bits per heavy atom. The van der Waals surface area contributed by atoms with Crippen LogP contribution in [0.4, 0.5) is 24.0 Å². The molecule has 1 aromatic rings. The van der Waals surface area contributed by atoms with Crippen LogP contribution in [-0.4, -0.2) is 35.4 Å². The second kappa shape index (κ2) is 4.93. The van der Waals surface area contributed by atoms with Crippen molar-refractivity contribution in [3.05, 3.63) is 5.56 Å². The number of nitrogen functional groups attached to an aromatic ring is 1. The third kappa shape index (κ3) is 3.05. The van der Waals surface area contributed by atoms with Crippen molar-refractivity contribution in [2.24, 2.45) is 0 Å². The van der Waals surface area contributed by atoms with Crippen LogP contribution in [0, 0.1) is 0 Å². The molecule has 18 heavy (non-hydrogen) atoms. The van der Waals surface area contributed by atoms with Gasteiger partial charge in [-0.15, -0.1) is 0 Å². The molecule has 0 saturated heterocycles. The van der Waals surface area contributed by atoms with Crippen LogP contribution in [0.1, 0.15) is 24.3 Å². The summed E-state index contributed by atoms with van der Waals surface area (Å²) < 4.78 is 41.4. The molecule has 1 aliphatic carbocycles. The summed E-state index contributed by atoms with van der Waals surface area (Å²) in [5, 5.41) is 9.34. The maximum absolute atomic E-state index is 12.5. The molecule has 8 heteroatoms. The monoisotopic (exact) mass is 281 g/mol. The van der Waals surface area contributed by atoms with Crippen LogP contribution in [0.25, 0.3) is 0 Å². The smallest absolute Gasteiger partial charge is 0.395 e. The molecule has 4 nitrogen and oxygen atoms in total. The predicted molar refractivity (Wildman–Crippen MR) is 63.9 cm³/mol. The molecular formula is C10H14F3N3OS. The largest absolute Gasteiger partial charge is 0.405 e. The Balaban J connectivity index is 2.24. The number of aliphatic hydroxyl groups excluding tert-OH is 1. The van der Waals surface area contributed by atoms with Gasteiger partial charge in [-0.25, -0.2) is 0 Å². The molecule has 2 rings (SSSR count). The molecule has 0 bridgehead atoms. The molecule has 0 aliphatic heterocycles. The normalized spacial score (nSPS) is 16.0. The fourth-order valence-electron chi connectivity index (χ4n) is 1.87. The molecule has 0 amide bonds. The van der Waals surface area contributed by atoms with Gasteiger partial charge in [0.25, 0.3) is 0 Å². The van der Waals surface area contributed by atoms with Crippen molar-refractivity contribution >= 4 is 22.4 Å². The molecule has 1 aliphatic rings. The Kier molecular flexibility index (Phi) is 3.67. The average molecular weight is 281 g/mol. The van der Waals surface area contributed by atoms with E-state index in [1.54, 1.807) is 0 Å². The minimum absolute atomic E-state index is 0.0686. The van der Waals surface area contributed by atoms with Crippen molar-refractivity contribution in [2.75, 3.05) is 30.3 Å². The molecule has 1 heterocycles. The molecule has 0 radical (unpaired) electrons. The van der Waals surface area contributed by atoms with Gasteiger partial charge in [-0.1, -0.05) is 0 Å². The van der Waals surface area contributed by atoms with Gasteiger partial charge in [0.05, 0.1) is 6.61 Å². The highest BCUT2D eigenvalue weighted by atomic mass is 32.1. The zero-order valence-electron chi connectivity index (χ0n) is 9.57. The summed E-state index contributed by atoms with van der Waals surface area (Å²) in [5.41, 5.74) is 6.43. The topological polar surface area (TPSA) is 62.4 Å². The third-order valence-electron chi connectivity index (χ3n) is 2.75. The number of alkyl halides is 3. The number of hydrogen-bond donors (Lipinski definition) is 2. The van der Waals surface area contributed by atoms with Crippen LogP contribution in [0.3, 0.4) is 0 Å². The van der Waals surface area contributed by atoms with Crippen molar-refractivity contribution in [3.63, 3.8) is 0 Å². The van der Waals surface area contributed by atoms with Crippen LogP contribution in [0.15, 0.2) is 0 Å². The van der Waals surface area contributed by atoms with Gasteiger partial charge in [-0.2, -0.15) is 17.5 Å². The van der Waals surface area contributed by atoms with Crippen LogP contribution in [0.2, 0.25) is 0 Å². The highest BCUT2D eigenvalue weighted by molar-refractivity contribution is 7.10. The van der Waals surface area contributed by atoms with Gasteiger partial charge in [-0.05, 0) is 30.3 Å². The zero-order chi connectivity index (χ0) is 13.3. The Morgan fingerprint density at radius 2 is 2.11 bits per heavy atom. The summed E-state index contributed by atoms with van der Waals surface area (Å²) in [6.07, 6.45) is -2.43. The van der Waals surface area contributed by atoms with Crippen molar-refractivity contribution in [3.8, 4) is 0 Å². The van der Waals surface area contributed by atoms with Crippen LogP contribution in [0.5, 0.6) is 0 Å². The van der Waals surface area contributed by atoms with Gasteiger partial charge in [0.1, 0.15) is 17.4 Å². The summed E-state index contributed by atoms with van der Waals surface area (Å²) in [6, 6.07) is 0. The van der Waals surface area contributed by atoms with Gasteiger partial charge in [0.2, 0.25) is 0 Å². The Morgan fingerprint density at radius 3 is 2.61 bits per heavy atom. The van der Waals surface area contributed by atoms with E-state index < -0.39 is 12.7 Å². The molecule has 0 aromatic carbocycles. The first-order valence-electron chi connectivity index (χ1n) is 5.60. The van der Waals surface area contributed by atoms with Crippen molar-refractivity contribution < 1.29 is 18.3 Å². The number of nitrogens with two attached hydrogens (primary N) is 1. The first-order valence-corrected chi connectivity index (χ1v) is 6.37. The average Bonchev–Trinajstić information content (AvgIpc) is 3.00. The first kappa shape index (κ1) is 13.4. The molecule has 0 atom stereocenters. The van der Waals surface area contributed by atoms with Gasteiger partial charge >= 0.3 is 6.18 Å². The van der Waals surface area contributed by atoms with Crippen LogP contribution in [-0.2, 0) is 0 Å². The lowest BCUT2D eigenvalue weighted by molar-refractivity contribution is -0.119. The SMILES string of the molecule is Nc1nsc(N(CCO)CC(F)(F)F)c1C1CC1. The molecule has 0 unspecified atom stereocenters. The quantitative estimate of drug-likeness (QED) is 0.866. The number of aromatic nitrogens is 1. The third-order valence-corrected chi connectivity index (χ3v) is 3.69. The maximum Gasteiger partial charge on any atom is 0.405 e. The molecule has 1 saturated carbocycles. The zero-order valence-corrected chi connectivity index (χ0v) is 10.4. The number of hydrogen-bond acceptors (Lipinski definition) is 5. The van der Waals surface area contributed by atoms with E-state index in [1.165, 1.54) is 0 Å². The minimum Gasteiger partial charge on any atom is -0.395 e. The number of anilines is 2. The fourth-order valence-corrected chi connectivity index (χ4v) is 2.80. The van der Waals surface area contributed by atoms with Gasteiger partial charge < -0.3 is 15.7 Å². The molecular weight excluding hydrogens is 267 g/mol. The van der Waals surface area contributed by atoms with Crippen molar-refractivity contribution in [2.45, 2.75) is 24.9 Å². The van der Waals surface area contributed by atoms with E-state index in [1.807, 2.05) is 0 Å². The highest BCUT2D eigenvalue weighted by Crippen LogP contribution is 2.49. The summed E-state index contributed by atoms with van der Waals surface area (Å²) in [5.74, 6) is 0.552. The van der Waals surface area contributed by atoms with Gasteiger partial charge in [0.15, 0.2) is 0 Å². The van der Waals surface area contributed by atoms with Crippen LogP contribution < -0.4 is 10.6 Å². The van der Waals surface area contributed by atoms with E-state index in [9.17, 15) is 13.2 Å². The van der Waals surface area contributed by atoms with E-state index in [2.05, 4.69) is 4.37 Å². The second-order valence-electron chi connectivity index (χ2n) is 4.32. The van der Waals surface area contributed by atoms with Crippen molar-refractivity contribution in [1.82, 2.24) is 4.37 Å². The molecule has 0 spiro atoms. The van der Waals surface area contributed by atoms with Gasteiger partial charge in [-0.3, -0.25) is 0 Å². The molecule has 1 aromatic heterocycles. The van der Waals surface area contributed by atoms with E-state index in [0.717, 1.165) is 34.8 Å². The Bertz CT molecular complexity index is 417. The Labute approximate surface area is 106 Å². The summed E-state index contributed by atoms with van der Waals surface area (Å²) in [7, 11) is 0. The standard InChI is InChI=1S/C10H14F3N3OS/c11-10(12,13)5-16(3-4-17)9-7(6-1-2-6)8(14)15-18-9/h6,17H,1-5H2,(H2,14,15). The second-order valence-corrected chi connectivity index (χ2v) is 5.07.